The van der Waals surface area contributed by atoms with Gasteiger partial charge in [0.2, 0.25) is 0 Å². The van der Waals surface area contributed by atoms with Crippen molar-refractivity contribution in [3.63, 3.8) is 0 Å². The second-order valence-electron chi connectivity index (χ2n) is 7.19. The molecule has 2 amide bonds. The topological polar surface area (TPSA) is 49.4 Å². The van der Waals surface area contributed by atoms with Crippen molar-refractivity contribution in [3.05, 3.63) is 104 Å². The third kappa shape index (κ3) is 4.97. The van der Waals surface area contributed by atoms with Gasteiger partial charge in [-0.15, -0.1) is 0 Å². The van der Waals surface area contributed by atoms with E-state index >= 15 is 0 Å². The Morgan fingerprint density at radius 2 is 1.59 bits per heavy atom. The van der Waals surface area contributed by atoms with Crippen molar-refractivity contribution < 1.29 is 9.59 Å². The number of nitrogens with zero attached hydrogens (tertiary/aromatic N) is 1. The van der Waals surface area contributed by atoms with Crippen molar-refractivity contribution in [2.45, 2.75) is 18.4 Å². The number of aryl methyl sites for hydroxylation is 1. The van der Waals surface area contributed by atoms with E-state index in [2.05, 4.69) is 5.32 Å². The minimum Gasteiger partial charge on any atom is -0.350 e. The van der Waals surface area contributed by atoms with Gasteiger partial charge in [-0.25, -0.2) is 0 Å². The lowest BCUT2D eigenvalue weighted by molar-refractivity contribution is -0.137. The third-order valence-electron chi connectivity index (χ3n) is 4.80. The molecule has 0 aromatic heterocycles. The van der Waals surface area contributed by atoms with Crippen LogP contribution in [-0.2, 0) is 16.1 Å². The van der Waals surface area contributed by atoms with E-state index in [0.717, 1.165) is 10.5 Å². The Labute approximate surface area is 205 Å². The van der Waals surface area contributed by atoms with E-state index in [-0.39, 0.29) is 12.2 Å². The van der Waals surface area contributed by atoms with Gasteiger partial charge in [-0.2, -0.15) is 0 Å². The molecule has 1 aliphatic heterocycles. The Kier molecular flexibility index (Phi) is 6.82. The summed E-state index contributed by atoms with van der Waals surface area (Å²) in [6.07, 6.45) is 0. The maximum atomic E-state index is 13.3. The number of imide groups is 1. The Morgan fingerprint density at radius 3 is 2.28 bits per heavy atom. The summed E-state index contributed by atoms with van der Waals surface area (Å²) in [5.74, 6) is -0.827. The van der Waals surface area contributed by atoms with Gasteiger partial charge in [0.15, 0.2) is 0 Å². The van der Waals surface area contributed by atoms with E-state index in [1.165, 1.54) is 16.7 Å². The summed E-state index contributed by atoms with van der Waals surface area (Å²) in [5.41, 5.74) is 2.55. The van der Waals surface area contributed by atoms with Gasteiger partial charge in [-0.05, 0) is 55.0 Å². The van der Waals surface area contributed by atoms with Crippen LogP contribution in [0.3, 0.4) is 0 Å². The van der Waals surface area contributed by atoms with Crippen LogP contribution >= 0.6 is 46.6 Å². The number of carbonyl (C=O) groups is 2. The highest BCUT2D eigenvalue weighted by Crippen LogP contribution is 2.37. The number of benzene rings is 3. The lowest BCUT2D eigenvalue weighted by Gasteiger charge is -2.16. The van der Waals surface area contributed by atoms with Crippen LogP contribution < -0.4 is 5.32 Å². The van der Waals surface area contributed by atoms with E-state index < -0.39 is 11.8 Å². The number of anilines is 1. The summed E-state index contributed by atoms with van der Waals surface area (Å²) in [6.45, 7) is 2.02. The number of carbonyl (C=O) groups excluding carboxylic acids is 2. The summed E-state index contributed by atoms with van der Waals surface area (Å²) in [6, 6.07) is 19.7. The predicted molar refractivity (Wildman–Crippen MR) is 131 cm³/mol. The smallest absolute Gasteiger partial charge is 0.278 e. The molecule has 8 heteroatoms. The Morgan fingerprint density at radius 1 is 0.875 bits per heavy atom. The lowest BCUT2D eigenvalue weighted by atomic mass is 10.2. The Bertz CT molecular complexity index is 1240. The van der Waals surface area contributed by atoms with Crippen LogP contribution in [0.1, 0.15) is 11.1 Å². The van der Waals surface area contributed by atoms with Crippen LogP contribution in [0.5, 0.6) is 0 Å². The average Bonchev–Trinajstić information content (AvgIpc) is 2.96. The molecule has 3 aromatic rings. The molecule has 0 atom stereocenters. The minimum atomic E-state index is -0.435. The van der Waals surface area contributed by atoms with Gasteiger partial charge < -0.3 is 5.32 Å². The van der Waals surface area contributed by atoms with Crippen molar-refractivity contribution in [1.29, 1.82) is 0 Å². The van der Waals surface area contributed by atoms with Crippen LogP contribution in [0.25, 0.3) is 0 Å². The SMILES string of the molecule is Cc1ccc(SC2=C(Nc3cccc(Cl)c3)C(=O)N(Cc3ccc(Cl)cc3Cl)C2=O)cc1. The number of hydrogen-bond acceptors (Lipinski definition) is 4. The fraction of sp³-hybridized carbons (Fsp3) is 0.0833. The molecule has 4 rings (SSSR count). The average molecular weight is 504 g/mol. The zero-order valence-corrected chi connectivity index (χ0v) is 19.9. The van der Waals surface area contributed by atoms with Crippen LogP contribution in [0, 0.1) is 6.92 Å². The first-order chi connectivity index (χ1) is 15.3. The maximum absolute atomic E-state index is 13.3. The highest BCUT2D eigenvalue weighted by Gasteiger charge is 2.39. The molecule has 3 aromatic carbocycles. The van der Waals surface area contributed by atoms with E-state index in [1.54, 1.807) is 42.5 Å². The second kappa shape index (κ2) is 9.59. The molecule has 0 spiro atoms. The molecule has 0 bridgehead atoms. The summed E-state index contributed by atoms with van der Waals surface area (Å²) in [4.78, 5) is 29.0. The molecular weight excluding hydrogens is 487 g/mol. The van der Waals surface area contributed by atoms with Gasteiger partial charge in [0.25, 0.3) is 11.8 Å². The zero-order chi connectivity index (χ0) is 22.8. The van der Waals surface area contributed by atoms with E-state index in [1.807, 2.05) is 31.2 Å². The molecule has 4 nitrogen and oxygen atoms in total. The number of nitrogens with one attached hydrogen (secondary N) is 1. The number of amides is 2. The Balaban J connectivity index is 1.69. The number of thioether (sulfide) groups is 1. The first kappa shape index (κ1) is 22.7. The number of rotatable bonds is 6. The van der Waals surface area contributed by atoms with Crippen molar-refractivity contribution in [2.75, 3.05) is 5.32 Å². The van der Waals surface area contributed by atoms with Crippen LogP contribution in [0.2, 0.25) is 15.1 Å². The first-order valence-corrected chi connectivity index (χ1v) is 11.6. The van der Waals surface area contributed by atoms with Gasteiger partial charge in [-0.3, -0.25) is 14.5 Å². The van der Waals surface area contributed by atoms with Gasteiger partial charge in [-0.1, -0.05) is 76.4 Å². The Hall–Kier alpha value is -2.44. The molecule has 162 valence electrons. The largest absolute Gasteiger partial charge is 0.350 e. The lowest BCUT2D eigenvalue weighted by Crippen LogP contribution is -2.32. The molecular formula is C24H17Cl3N2O2S. The molecule has 1 aliphatic rings. The molecule has 0 saturated heterocycles. The highest BCUT2D eigenvalue weighted by molar-refractivity contribution is 8.04. The molecule has 0 fully saturated rings. The molecule has 1 heterocycles. The normalized spacial score (nSPS) is 13.8. The summed E-state index contributed by atoms with van der Waals surface area (Å²) in [7, 11) is 0. The quantitative estimate of drug-likeness (QED) is 0.370. The number of halogens is 3. The van der Waals surface area contributed by atoms with Gasteiger partial charge in [0.1, 0.15) is 10.6 Å². The van der Waals surface area contributed by atoms with Crippen LogP contribution in [0.4, 0.5) is 5.69 Å². The van der Waals surface area contributed by atoms with E-state index in [0.29, 0.717) is 31.2 Å². The second-order valence-corrected chi connectivity index (χ2v) is 9.55. The zero-order valence-electron chi connectivity index (χ0n) is 16.9. The summed E-state index contributed by atoms with van der Waals surface area (Å²) in [5, 5.41) is 4.48. The summed E-state index contributed by atoms with van der Waals surface area (Å²) < 4.78 is 0. The third-order valence-corrected chi connectivity index (χ3v) is 6.72. The van der Waals surface area contributed by atoms with Crippen LogP contribution in [-0.4, -0.2) is 16.7 Å². The van der Waals surface area contributed by atoms with Gasteiger partial charge in [0, 0.05) is 25.7 Å². The van der Waals surface area contributed by atoms with Crippen LogP contribution in [0.15, 0.2) is 82.2 Å². The van der Waals surface area contributed by atoms with Crippen molar-refractivity contribution >= 4 is 64.1 Å². The van der Waals surface area contributed by atoms with E-state index in [9.17, 15) is 9.59 Å². The molecule has 0 radical (unpaired) electrons. The molecule has 0 saturated carbocycles. The fourth-order valence-electron chi connectivity index (χ4n) is 3.16. The fourth-order valence-corrected chi connectivity index (χ4v) is 4.76. The number of hydrogen-bond donors (Lipinski definition) is 1. The minimum absolute atomic E-state index is 0.0341. The molecule has 0 unspecified atom stereocenters. The van der Waals surface area contributed by atoms with Crippen molar-refractivity contribution in [2.24, 2.45) is 0 Å². The van der Waals surface area contributed by atoms with E-state index in [4.69, 9.17) is 34.8 Å². The monoisotopic (exact) mass is 502 g/mol. The standard InChI is InChI=1S/C24H17Cl3N2O2S/c1-14-5-9-19(10-6-14)32-22-21(28-18-4-2-3-16(25)11-18)23(30)29(24(22)31)13-15-7-8-17(26)12-20(15)27/h2-12,28H,13H2,1H3. The van der Waals surface area contributed by atoms with Gasteiger partial charge >= 0.3 is 0 Å². The molecule has 1 N–H and O–H groups in total. The van der Waals surface area contributed by atoms with Crippen molar-refractivity contribution in [3.8, 4) is 0 Å². The highest BCUT2D eigenvalue weighted by atomic mass is 35.5. The summed E-state index contributed by atoms with van der Waals surface area (Å²) >= 11 is 19.6. The van der Waals surface area contributed by atoms with Crippen molar-refractivity contribution in [1.82, 2.24) is 4.90 Å². The molecule has 32 heavy (non-hydrogen) atoms. The maximum Gasteiger partial charge on any atom is 0.278 e. The first-order valence-electron chi connectivity index (χ1n) is 9.63. The predicted octanol–water partition coefficient (Wildman–Crippen LogP) is 6.94. The van der Waals surface area contributed by atoms with Gasteiger partial charge in [0.05, 0.1) is 6.54 Å². The molecule has 0 aliphatic carbocycles.